The summed E-state index contributed by atoms with van der Waals surface area (Å²) in [5, 5.41) is 6.24. The van der Waals surface area contributed by atoms with Crippen molar-refractivity contribution in [2.45, 2.75) is 25.8 Å². The number of halogens is 1. The van der Waals surface area contributed by atoms with Crippen molar-refractivity contribution in [3.8, 4) is 5.75 Å². The van der Waals surface area contributed by atoms with Crippen LogP contribution in [0.25, 0.3) is 0 Å². The number of hydrazone groups is 1. The molecule has 124 valence electrons. The Hall–Kier alpha value is -2.14. The minimum atomic E-state index is -0.0783. The highest BCUT2D eigenvalue weighted by Crippen LogP contribution is 2.35. The van der Waals surface area contributed by atoms with E-state index < -0.39 is 0 Å². The van der Waals surface area contributed by atoms with Gasteiger partial charge in [-0.15, -0.1) is 0 Å². The van der Waals surface area contributed by atoms with E-state index in [-0.39, 0.29) is 11.9 Å². The van der Waals surface area contributed by atoms with Crippen LogP contribution in [0.5, 0.6) is 5.75 Å². The first kappa shape index (κ1) is 16.7. The van der Waals surface area contributed by atoms with E-state index in [2.05, 4.69) is 21.0 Å². The van der Waals surface area contributed by atoms with Gasteiger partial charge in [-0.05, 0) is 29.8 Å². The molecule has 0 fully saturated rings. The molecule has 24 heavy (non-hydrogen) atoms. The van der Waals surface area contributed by atoms with E-state index in [9.17, 15) is 4.79 Å². The molecular formula is C19H19BrN2O2. The first-order valence-electron chi connectivity index (χ1n) is 7.92. The van der Waals surface area contributed by atoms with E-state index in [1.54, 1.807) is 12.1 Å². The van der Waals surface area contributed by atoms with Gasteiger partial charge in [0.1, 0.15) is 5.75 Å². The second-order valence-corrected chi connectivity index (χ2v) is 6.53. The fourth-order valence-corrected chi connectivity index (χ4v) is 3.16. The van der Waals surface area contributed by atoms with Crippen molar-refractivity contribution >= 4 is 27.5 Å². The Morgan fingerprint density at radius 3 is 2.62 bits per heavy atom. The SMILES string of the molecule is CCC(=O)N1N=C(c2ccccc2OC)C[C@H]1c1ccc(Br)cc1. The van der Waals surface area contributed by atoms with Crippen LogP contribution in [0.4, 0.5) is 0 Å². The number of carbonyl (C=O) groups is 1. The zero-order valence-electron chi connectivity index (χ0n) is 13.7. The standard InChI is InChI=1S/C19H19BrN2O2/c1-3-19(23)22-17(13-8-10-14(20)11-9-13)12-16(21-22)15-6-4-5-7-18(15)24-2/h4-11,17H,3,12H2,1-2H3/t17-/m0/s1. The molecule has 4 nitrogen and oxygen atoms in total. The number of hydrogen-bond acceptors (Lipinski definition) is 3. The zero-order valence-corrected chi connectivity index (χ0v) is 15.3. The summed E-state index contributed by atoms with van der Waals surface area (Å²) in [6.45, 7) is 1.86. The van der Waals surface area contributed by atoms with Gasteiger partial charge in [0.25, 0.3) is 0 Å². The molecule has 5 heteroatoms. The second kappa shape index (κ2) is 7.18. The van der Waals surface area contributed by atoms with E-state index in [1.165, 1.54) is 0 Å². The number of hydrogen-bond donors (Lipinski definition) is 0. The van der Waals surface area contributed by atoms with Crippen LogP contribution in [-0.4, -0.2) is 23.7 Å². The number of nitrogens with zero attached hydrogens (tertiary/aromatic N) is 2. The van der Waals surface area contributed by atoms with Gasteiger partial charge in [0.05, 0.1) is 18.9 Å². The quantitative estimate of drug-likeness (QED) is 0.773. The number of carbonyl (C=O) groups excluding carboxylic acids is 1. The Balaban J connectivity index is 1.98. The summed E-state index contributed by atoms with van der Waals surface area (Å²) in [6.07, 6.45) is 1.10. The molecule has 1 aliphatic rings. The van der Waals surface area contributed by atoms with Crippen LogP contribution in [-0.2, 0) is 4.79 Å². The normalized spacial score (nSPS) is 16.9. The van der Waals surface area contributed by atoms with E-state index in [0.717, 1.165) is 27.1 Å². The maximum absolute atomic E-state index is 12.4. The van der Waals surface area contributed by atoms with Gasteiger partial charge in [-0.3, -0.25) is 4.79 Å². The molecule has 0 saturated heterocycles. The fraction of sp³-hybridized carbons (Fsp3) is 0.263. The Morgan fingerprint density at radius 1 is 1.25 bits per heavy atom. The predicted octanol–water partition coefficient (Wildman–Crippen LogP) is 4.55. The molecule has 0 bridgehead atoms. The Bertz CT molecular complexity index is 771. The van der Waals surface area contributed by atoms with Gasteiger partial charge in [0, 0.05) is 22.9 Å². The van der Waals surface area contributed by atoms with Gasteiger partial charge in [-0.2, -0.15) is 5.10 Å². The Labute approximate surface area is 150 Å². The van der Waals surface area contributed by atoms with Crippen molar-refractivity contribution in [2.75, 3.05) is 7.11 Å². The van der Waals surface area contributed by atoms with Crippen molar-refractivity contribution in [1.29, 1.82) is 0 Å². The zero-order chi connectivity index (χ0) is 17.1. The topological polar surface area (TPSA) is 41.9 Å². The smallest absolute Gasteiger partial charge is 0.242 e. The molecular weight excluding hydrogens is 368 g/mol. The van der Waals surface area contributed by atoms with Gasteiger partial charge in [0.2, 0.25) is 5.91 Å². The van der Waals surface area contributed by atoms with Crippen LogP contribution in [0.3, 0.4) is 0 Å². The lowest BCUT2D eigenvalue weighted by atomic mass is 9.98. The van der Waals surface area contributed by atoms with Gasteiger partial charge < -0.3 is 4.74 Å². The van der Waals surface area contributed by atoms with Gasteiger partial charge in [-0.1, -0.05) is 47.1 Å². The summed E-state index contributed by atoms with van der Waals surface area (Å²) in [6, 6.07) is 15.8. The average Bonchev–Trinajstić information content (AvgIpc) is 3.06. The number of ether oxygens (including phenoxy) is 1. The summed E-state index contributed by atoms with van der Waals surface area (Å²) >= 11 is 3.45. The average molecular weight is 387 g/mol. The van der Waals surface area contributed by atoms with Gasteiger partial charge >= 0.3 is 0 Å². The highest BCUT2D eigenvalue weighted by atomic mass is 79.9. The first-order chi connectivity index (χ1) is 11.6. The fourth-order valence-electron chi connectivity index (χ4n) is 2.89. The molecule has 3 rings (SSSR count). The Kier molecular flexibility index (Phi) is 5.00. The molecule has 0 N–H and O–H groups in total. The second-order valence-electron chi connectivity index (χ2n) is 5.61. The molecule has 0 unspecified atom stereocenters. The van der Waals surface area contributed by atoms with Crippen LogP contribution < -0.4 is 4.74 Å². The molecule has 0 aliphatic carbocycles. The maximum Gasteiger partial charge on any atom is 0.242 e. The molecule has 1 aliphatic heterocycles. The van der Waals surface area contributed by atoms with Gasteiger partial charge in [0.15, 0.2) is 0 Å². The highest BCUT2D eigenvalue weighted by Gasteiger charge is 2.33. The monoisotopic (exact) mass is 386 g/mol. The first-order valence-corrected chi connectivity index (χ1v) is 8.71. The molecule has 1 heterocycles. The van der Waals surface area contributed by atoms with E-state index in [1.807, 2.05) is 55.5 Å². The molecule has 1 amide bonds. The molecule has 0 saturated carbocycles. The number of methoxy groups -OCH3 is 1. The summed E-state index contributed by atoms with van der Waals surface area (Å²) < 4.78 is 6.46. The molecule has 0 spiro atoms. The van der Waals surface area contributed by atoms with E-state index in [4.69, 9.17) is 4.74 Å². The predicted molar refractivity (Wildman–Crippen MR) is 98.2 cm³/mol. The van der Waals surface area contributed by atoms with Crippen LogP contribution >= 0.6 is 15.9 Å². The molecule has 2 aromatic carbocycles. The van der Waals surface area contributed by atoms with Crippen molar-refractivity contribution in [3.05, 3.63) is 64.1 Å². The minimum Gasteiger partial charge on any atom is -0.496 e. The molecule has 2 aromatic rings. The van der Waals surface area contributed by atoms with Crippen LogP contribution in [0.15, 0.2) is 58.1 Å². The minimum absolute atomic E-state index is 0.0211. The molecule has 0 aromatic heterocycles. The lowest BCUT2D eigenvalue weighted by Crippen LogP contribution is -2.26. The van der Waals surface area contributed by atoms with Crippen molar-refractivity contribution < 1.29 is 9.53 Å². The maximum atomic E-state index is 12.4. The number of rotatable bonds is 4. The summed E-state index contributed by atoms with van der Waals surface area (Å²) in [5.74, 6) is 0.796. The van der Waals surface area contributed by atoms with Crippen molar-refractivity contribution in [2.24, 2.45) is 5.10 Å². The lowest BCUT2D eigenvalue weighted by molar-refractivity contribution is -0.132. The summed E-state index contributed by atoms with van der Waals surface area (Å²) in [4.78, 5) is 12.4. The summed E-state index contributed by atoms with van der Waals surface area (Å²) in [5.41, 5.74) is 2.89. The molecule has 1 atom stereocenters. The van der Waals surface area contributed by atoms with E-state index in [0.29, 0.717) is 12.8 Å². The highest BCUT2D eigenvalue weighted by molar-refractivity contribution is 9.10. The van der Waals surface area contributed by atoms with Crippen molar-refractivity contribution in [3.63, 3.8) is 0 Å². The van der Waals surface area contributed by atoms with Crippen LogP contribution in [0, 0.1) is 0 Å². The van der Waals surface area contributed by atoms with Crippen LogP contribution in [0.2, 0.25) is 0 Å². The third kappa shape index (κ3) is 3.22. The summed E-state index contributed by atoms with van der Waals surface area (Å²) in [7, 11) is 1.65. The number of amides is 1. The lowest BCUT2D eigenvalue weighted by Gasteiger charge is -2.21. The van der Waals surface area contributed by atoms with Crippen LogP contribution in [0.1, 0.15) is 36.9 Å². The molecule has 0 radical (unpaired) electrons. The van der Waals surface area contributed by atoms with Crippen molar-refractivity contribution in [1.82, 2.24) is 5.01 Å². The third-order valence-corrected chi connectivity index (χ3v) is 4.67. The third-order valence-electron chi connectivity index (χ3n) is 4.14. The van der Waals surface area contributed by atoms with E-state index >= 15 is 0 Å². The number of benzene rings is 2. The largest absolute Gasteiger partial charge is 0.496 e. The Morgan fingerprint density at radius 2 is 1.96 bits per heavy atom. The van der Waals surface area contributed by atoms with Gasteiger partial charge in [-0.25, -0.2) is 5.01 Å². The number of para-hydroxylation sites is 1.